The number of fused-ring (bicyclic) bond motifs is 1. The number of nitrogens with one attached hydrogen (secondary N) is 2. The number of ether oxygens (including phenoxy) is 6. The molecule has 2 aliphatic heterocycles. The van der Waals surface area contributed by atoms with Gasteiger partial charge in [-0.15, -0.1) is 0 Å². The molecule has 328 valence electrons. The van der Waals surface area contributed by atoms with Crippen LogP contribution in [-0.4, -0.2) is 124 Å². The number of aliphatic hydroxyl groups excluding tert-OH is 4. The average molecular weight is 843 g/mol. The summed E-state index contributed by atoms with van der Waals surface area (Å²) in [5, 5.41) is 82.3. The van der Waals surface area contributed by atoms with Crippen LogP contribution in [0.4, 0.5) is 5.69 Å². The topological polar surface area (TPSA) is 294 Å². The first kappa shape index (κ1) is 45.4. The van der Waals surface area contributed by atoms with Crippen molar-refractivity contribution in [1.82, 2.24) is 5.32 Å². The number of phenols is 2. The van der Waals surface area contributed by atoms with Crippen LogP contribution in [0.25, 0.3) is 0 Å². The molecule has 8 atom stereocenters. The van der Waals surface area contributed by atoms with Gasteiger partial charge in [-0.05, 0) is 43.6 Å². The number of anilines is 1. The Balaban J connectivity index is 1.43. The van der Waals surface area contributed by atoms with E-state index < -0.39 is 71.7 Å². The standard InChI is InChI=1S/C41H54N4O15/c1-19(2)15-22-11-12-23-28(45-20(22)3)24(37(51)52)16-27(57-18-44-41(42)43-4)34(23)58-40-33(50)31(48)32(49)36(59-40)39(54)60-38(53)25-17-26(55-5)30(47)35(29(25)46)56-14-13-21-9-7-6-8-10-21/h6-10,16-17,19-20,22,31-33,36,39-40,45-50,54H,11-15,18H2,1-5H3,(H,51,52)(H3,42,43,44). The van der Waals surface area contributed by atoms with Crippen LogP contribution in [0, 0.1) is 11.8 Å². The van der Waals surface area contributed by atoms with Crippen molar-refractivity contribution in [1.29, 1.82) is 0 Å². The van der Waals surface area contributed by atoms with Crippen molar-refractivity contribution in [2.45, 2.75) is 89.5 Å². The number of aliphatic imine (C=N–C) groups is 1. The molecule has 19 nitrogen and oxygen atoms in total. The molecule has 0 amide bonds. The molecule has 2 heterocycles. The van der Waals surface area contributed by atoms with Gasteiger partial charge in [0.25, 0.3) is 0 Å². The maximum Gasteiger partial charge on any atom is 0.344 e. The van der Waals surface area contributed by atoms with E-state index in [9.17, 15) is 45.3 Å². The number of aliphatic hydroxyl groups is 4. The van der Waals surface area contributed by atoms with Gasteiger partial charge in [0, 0.05) is 37.2 Å². The Labute approximate surface area is 346 Å². The summed E-state index contributed by atoms with van der Waals surface area (Å²) in [4.78, 5) is 29.9. The van der Waals surface area contributed by atoms with Gasteiger partial charge in [-0.25, -0.2) is 9.59 Å². The first-order chi connectivity index (χ1) is 28.6. The Kier molecular flexibility index (Phi) is 15.1. The fraction of sp³-hybridized carbons (Fsp3) is 0.488. The highest BCUT2D eigenvalue weighted by Crippen LogP contribution is 2.47. The maximum atomic E-state index is 13.5. The lowest BCUT2D eigenvalue weighted by Gasteiger charge is -2.41. The minimum Gasteiger partial charge on any atom is -0.504 e. The van der Waals surface area contributed by atoms with Crippen molar-refractivity contribution < 1.29 is 73.8 Å². The van der Waals surface area contributed by atoms with Gasteiger partial charge < -0.3 is 80.5 Å². The number of benzene rings is 3. The van der Waals surface area contributed by atoms with Crippen molar-refractivity contribution in [2.24, 2.45) is 22.6 Å². The Hall–Kier alpha value is -5.73. The number of aromatic carboxylic acids is 1. The molecule has 2 aliphatic rings. The molecule has 60 heavy (non-hydrogen) atoms. The van der Waals surface area contributed by atoms with Gasteiger partial charge in [0.15, 0.2) is 41.8 Å². The number of nitrogens with zero attached hydrogens (tertiary/aromatic N) is 1. The zero-order valence-electron chi connectivity index (χ0n) is 33.9. The smallest absolute Gasteiger partial charge is 0.344 e. The number of hydrogen-bond donors (Lipinski definition) is 10. The summed E-state index contributed by atoms with van der Waals surface area (Å²) >= 11 is 0. The fourth-order valence-electron chi connectivity index (χ4n) is 7.16. The molecule has 0 saturated carbocycles. The van der Waals surface area contributed by atoms with Gasteiger partial charge in [-0.1, -0.05) is 44.2 Å². The minimum atomic E-state index is -2.37. The molecular formula is C41H54N4O15. The molecular weight excluding hydrogens is 788 g/mol. The molecule has 0 bridgehead atoms. The quantitative estimate of drug-likeness (QED) is 0.0427. The number of rotatable bonds is 16. The average Bonchev–Trinajstić information content (AvgIpc) is 3.37. The highest BCUT2D eigenvalue weighted by Gasteiger charge is 2.49. The van der Waals surface area contributed by atoms with Crippen molar-refractivity contribution >= 4 is 23.6 Å². The summed E-state index contributed by atoms with van der Waals surface area (Å²) in [6, 6.07) is 11.2. The van der Waals surface area contributed by atoms with Crippen LogP contribution < -0.4 is 35.3 Å². The number of methoxy groups -OCH3 is 1. The van der Waals surface area contributed by atoms with E-state index in [1.807, 2.05) is 37.3 Å². The Bertz CT molecular complexity index is 2000. The van der Waals surface area contributed by atoms with E-state index in [2.05, 4.69) is 29.5 Å². The van der Waals surface area contributed by atoms with Crippen molar-refractivity contribution in [3.63, 3.8) is 0 Å². The molecule has 0 aliphatic carbocycles. The second kappa shape index (κ2) is 20.0. The SMILES string of the molecule is CN=C(N)NCOc1cc(C(=O)O)c2c(c1OC1OC(C(O)OC(=O)c3cc(OC)c(O)c(OCCc4ccccc4)c3O)C(O)C(O)C1O)CCC(CC(C)C)C(C)N2. The van der Waals surface area contributed by atoms with E-state index in [1.54, 1.807) is 0 Å². The molecule has 8 unspecified atom stereocenters. The Morgan fingerprint density at radius 1 is 1.00 bits per heavy atom. The summed E-state index contributed by atoms with van der Waals surface area (Å²) in [7, 11) is 2.63. The van der Waals surface area contributed by atoms with Crippen molar-refractivity contribution in [3.05, 3.63) is 64.7 Å². The molecule has 0 aromatic heterocycles. The van der Waals surface area contributed by atoms with Gasteiger partial charge in [0.05, 0.1) is 25.0 Å². The predicted octanol–water partition coefficient (Wildman–Crippen LogP) is 2.07. The van der Waals surface area contributed by atoms with Gasteiger partial charge in [-0.3, -0.25) is 4.99 Å². The van der Waals surface area contributed by atoms with Crippen LogP contribution in [0.2, 0.25) is 0 Å². The third-order valence-electron chi connectivity index (χ3n) is 10.4. The summed E-state index contributed by atoms with van der Waals surface area (Å²) in [5.74, 6) is -4.65. The lowest BCUT2D eigenvalue weighted by Crippen LogP contribution is -2.62. The number of carbonyl (C=O) groups excluding carboxylic acids is 1. The molecule has 0 spiro atoms. The monoisotopic (exact) mass is 842 g/mol. The molecule has 1 saturated heterocycles. The van der Waals surface area contributed by atoms with E-state index in [0.717, 1.165) is 18.1 Å². The van der Waals surface area contributed by atoms with Crippen LogP contribution in [0.3, 0.4) is 0 Å². The van der Waals surface area contributed by atoms with Gasteiger partial charge in [-0.2, -0.15) is 0 Å². The first-order valence-corrected chi connectivity index (χ1v) is 19.4. The van der Waals surface area contributed by atoms with Crippen LogP contribution in [-0.2, 0) is 22.3 Å². The lowest BCUT2D eigenvalue weighted by molar-refractivity contribution is -0.309. The minimum absolute atomic E-state index is 0.0121. The molecule has 0 radical (unpaired) electrons. The molecule has 5 rings (SSSR count). The van der Waals surface area contributed by atoms with E-state index in [-0.39, 0.29) is 66.2 Å². The summed E-state index contributed by atoms with van der Waals surface area (Å²) in [5.41, 5.74) is 6.49. The van der Waals surface area contributed by atoms with Gasteiger partial charge in [0.2, 0.25) is 24.1 Å². The third kappa shape index (κ3) is 10.3. The first-order valence-electron chi connectivity index (χ1n) is 19.4. The number of guanidine groups is 1. The third-order valence-corrected chi connectivity index (χ3v) is 10.4. The second-order valence-corrected chi connectivity index (χ2v) is 14.9. The fourth-order valence-corrected chi connectivity index (χ4v) is 7.16. The zero-order chi connectivity index (χ0) is 43.8. The highest BCUT2D eigenvalue weighted by molar-refractivity contribution is 5.97. The van der Waals surface area contributed by atoms with E-state index in [0.29, 0.717) is 24.3 Å². The largest absolute Gasteiger partial charge is 0.504 e. The second-order valence-electron chi connectivity index (χ2n) is 14.9. The van der Waals surface area contributed by atoms with Crippen LogP contribution in [0.1, 0.15) is 65.5 Å². The lowest BCUT2D eigenvalue weighted by atomic mass is 9.87. The van der Waals surface area contributed by atoms with E-state index in [1.165, 1.54) is 20.2 Å². The molecule has 3 aromatic carbocycles. The molecule has 1 fully saturated rings. The predicted molar refractivity (Wildman–Crippen MR) is 215 cm³/mol. The number of carbonyl (C=O) groups is 2. The van der Waals surface area contributed by atoms with E-state index >= 15 is 0 Å². The molecule has 11 N–H and O–H groups in total. The molecule has 19 heteroatoms. The Morgan fingerprint density at radius 2 is 1.70 bits per heavy atom. The number of aromatic hydroxyl groups is 2. The van der Waals surface area contributed by atoms with Gasteiger partial charge in [0.1, 0.15) is 23.9 Å². The summed E-state index contributed by atoms with van der Waals surface area (Å²) in [6.45, 7) is 5.78. The normalized spacial score (nSPS) is 23.4. The van der Waals surface area contributed by atoms with Crippen LogP contribution >= 0.6 is 0 Å². The summed E-state index contributed by atoms with van der Waals surface area (Å²) in [6.07, 6.45) is -10.3. The van der Waals surface area contributed by atoms with Crippen molar-refractivity contribution in [3.8, 4) is 34.5 Å². The zero-order valence-corrected chi connectivity index (χ0v) is 33.9. The number of hydrogen-bond acceptors (Lipinski definition) is 16. The van der Waals surface area contributed by atoms with E-state index in [4.69, 9.17) is 34.2 Å². The number of carboxylic acid groups (broad SMARTS) is 1. The number of carboxylic acids is 1. The number of nitrogens with two attached hydrogens (primary N) is 1. The highest BCUT2D eigenvalue weighted by atomic mass is 16.7. The summed E-state index contributed by atoms with van der Waals surface area (Å²) < 4.78 is 33.9. The van der Waals surface area contributed by atoms with Crippen LogP contribution in [0.15, 0.2) is 47.5 Å². The van der Waals surface area contributed by atoms with Crippen molar-refractivity contribution in [2.75, 3.05) is 32.8 Å². The maximum absolute atomic E-state index is 13.5. The van der Waals surface area contributed by atoms with Crippen LogP contribution in [0.5, 0.6) is 34.5 Å². The molecule has 3 aromatic rings. The Morgan fingerprint density at radius 3 is 2.35 bits per heavy atom. The number of phenolic OH excluding ortho intramolecular Hbond substituents is 2. The number of esters is 1. The van der Waals surface area contributed by atoms with Gasteiger partial charge >= 0.3 is 11.9 Å².